The minimum Gasteiger partial charge on any atom is -0.309 e. The van der Waals surface area contributed by atoms with Crippen LogP contribution in [0.3, 0.4) is 0 Å². The first-order valence-electron chi connectivity index (χ1n) is 19.5. The highest BCUT2D eigenvalue weighted by molar-refractivity contribution is 6.09. The van der Waals surface area contributed by atoms with Gasteiger partial charge in [-0.15, -0.1) is 0 Å². The van der Waals surface area contributed by atoms with Gasteiger partial charge >= 0.3 is 0 Å². The molecule has 11 rings (SSSR count). The number of benzene rings is 6. The third kappa shape index (κ3) is 5.82. The van der Waals surface area contributed by atoms with Gasteiger partial charge < -0.3 is 4.57 Å². The van der Waals surface area contributed by atoms with Crippen molar-refractivity contribution >= 4 is 33.5 Å². The number of nitrogens with zero attached hydrogens (tertiary/aromatic N) is 4. The molecule has 0 aliphatic heterocycles. The Labute approximate surface area is 331 Å². The molecular formula is C53H36N4. The molecule has 2 aliphatic rings. The van der Waals surface area contributed by atoms with Crippen LogP contribution < -0.4 is 0 Å². The number of hydrogen-bond donors (Lipinski definition) is 0. The Hall–Kier alpha value is -7.43. The van der Waals surface area contributed by atoms with Gasteiger partial charge in [-0.05, 0) is 76.7 Å². The fourth-order valence-electron chi connectivity index (χ4n) is 8.69. The summed E-state index contributed by atoms with van der Waals surface area (Å²) in [6.07, 6.45) is 9.76. The third-order valence-corrected chi connectivity index (χ3v) is 11.4. The van der Waals surface area contributed by atoms with E-state index in [0.717, 1.165) is 51.6 Å². The predicted molar refractivity (Wildman–Crippen MR) is 235 cm³/mol. The van der Waals surface area contributed by atoms with E-state index in [9.17, 15) is 0 Å². The molecule has 3 aromatic heterocycles. The Kier molecular flexibility index (Phi) is 7.92. The molecule has 4 nitrogen and oxygen atoms in total. The van der Waals surface area contributed by atoms with E-state index in [2.05, 4.69) is 199 Å². The van der Waals surface area contributed by atoms with Crippen molar-refractivity contribution in [2.24, 2.45) is 0 Å². The van der Waals surface area contributed by atoms with Crippen molar-refractivity contribution < 1.29 is 0 Å². The van der Waals surface area contributed by atoms with Crippen LogP contribution in [0.4, 0.5) is 0 Å². The Bertz CT molecular complexity index is 3030. The standard InChI is InChI=1S/C53H36N4/c1-4-15-35(16-5-1)45-33-47(37-17-6-2-7-18-37)54-46-30-29-36-27-28-40(32-44(36)52(45)46)49-34-48(55-53(56-49)38-19-8-3-9-20-38)39-21-14-22-41(31-39)57-50-25-12-10-23-42(50)43-24-11-13-26-51(43)57/h1-31,33-34,44H,32H2. The van der Waals surface area contributed by atoms with Crippen LogP contribution in [0.5, 0.6) is 0 Å². The van der Waals surface area contributed by atoms with Gasteiger partial charge in [0.15, 0.2) is 5.82 Å². The van der Waals surface area contributed by atoms with Gasteiger partial charge in [0.25, 0.3) is 0 Å². The van der Waals surface area contributed by atoms with E-state index in [1.807, 2.05) is 6.07 Å². The first kappa shape index (κ1) is 33.0. The summed E-state index contributed by atoms with van der Waals surface area (Å²) in [5.41, 5.74) is 16.6. The molecule has 0 radical (unpaired) electrons. The number of allylic oxidation sites excluding steroid dienone is 5. The van der Waals surface area contributed by atoms with Gasteiger partial charge in [-0.3, -0.25) is 0 Å². The second-order valence-corrected chi connectivity index (χ2v) is 14.8. The van der Waals surface area contributed by atoms with E-state index < -0.39 is 0 Å². The van der Waals surface area contributed by atoms with E-state index >= 15 is 0 Å². The molecule has 1 unspecified atom stereocenters. The number of para-hydroxylation sites is 2. The maximum Gasteiger partial charge on any atom is 0.160 e. The van der Waals surface area contributed by atoms with Crippen LogP contribution in [-0.2, 0) is 0 Å². The molecule has 3 heterocycles. The molecule has 1 atom stereocenters. The van der Waals surface area contributed by atoms with Crippen LogP contribution >= 0.6 is 0 Å². The van der Waals surface area contributed by atoms with Crippen molar-refractivity contribution in [2.45, 2.75) is 12.3 Å². The van der Waals surface area contributed by atoms with Crippen molar-refractivity contribution in [3.63, 3.8) is 0 Å². The van der Waals surface area contributed by atoms with Crippen molar-refractivity contribution in [1.82, 2.24) is 19.5 Å². The number of pyridine rings is 1. The minimum absolute atomic E-state index is 0.120. The summed E-state index contributed by atoms with van der Waals surface area (Å²) >= 11 is 0. The third-order valence-electron chi connectivity index (χ3n) is 11.4. The van der Waals surface area contributed by atoms with Gasteiger partial charge in [0.2, 0.25) is 0 Å². The van der Waals surface area contributed by atoms with Crippen LogP contribution in [0.25, 0.3) is 84.2 Å². The molecule has 0 saturated carbocycles. The Morgan fingerprint density at radius 2 is 1.05 bits per heavy atom. The number of rotatable bonds is 6. The second kappa shape index (κ2) is 13.7. The van der Waals surface area contributed by atoms with Gasteiger partial charge in [0.1, 0.15) is 0 Å². The second-order valence-electron chi connectivity index (χ2n) is 14.8. The van der Waals surface area contributed by atoms with Gasteiger partial charge in [-0.1, -0.05) is 158 Å². The molecule has 0 fully saturated rings. The van der Waals surface area contributed by atoms with Gasteiger partial charge in [0, 0.05) is 39.1 Å². The van der Waals surface area contributed by atoms with Crippen molar-refractivity contribution in [3.05, 3.63) is 217 Å². The smallest absolute Gasteiger partial charge is 0.160 e. The van der Waals surface area contributed by atoms with E-state index in [1.54, 1.807) is 0 Å². The first-order chi connectivity index (χ1) is 28.2. The van der Waals surface area contributed by atoms with Crippen LogP contribution in [0.2, 0.25) is 0 Å². The molecule has 0 bridgehead atoms. The number of aromatic nitrogens is 4. The van der Waals surface area contributed by atoms with E-state index in [1.165, 1.54) is 49.6 Å². The van der Waals surface area contributed by atoms with Crippen LogP contribution in [0.1, 0.15) is 29.3 Å². The minimum atomic E-state index is 0.120. The monoisotopic (exact) mass is 728 g/mol. The zero-order chi connectivity index (χ0) is 37.7. The summed E-state index contributed by atoms with van der Waals surface area (Å²) in [6.45, 7) is 0. The highest BCUT2D eigenvalue weighted by atomic mass is 15.0. The van der Waals surface area contributed by atoms with Crippen molar-refractivity contribution in [2.75, 3.05) is 0 Å². The fourth-order valence-corrected chi connectivity index (χ4v) is 8.69. The van der Waals surface area contributed by atoms with E-state index in [0.29, 0.717) is 5.82 Å². The highest BCUT2D eigenvalue weighted by Gasteiger charge is 2.30. The molecule has 0 saturated heterocycles. The largest absolute Gasteiger partial charge is 0.309 e. The van der Waals surface area contributed by atoms with Gasteiger partial charge in [-0.25, -0.2) is 15.0 Å². The molecule has 0 amide bonds. The zero-order valence-electron chi connectivity index (χ0n) is 31.1. The molecule has 0 N–H and O–H groups in total. The lowest BCUT2D eigenvalue weighted by molar-refractivity contribution is 0.814. The Balaban J connectivity index is 1.04. The van der Waals surface area contributed by atoms with E-state index in [4.69, 9.17) is 15.0 Å². The molecular weight excluding hydrogens is 693 g/mol. The molecule has 268 valence electrons. The number of hydrogen-bond acceptors (Lipinski definition) is 3. The lowest BCUT2D eigenvalue weighted by atomic mass is 9.75. The molecule has 4 heteroatoms. The topological polar surface area (TPSA) is 43.6 Å². The normalized spacial score (nSPS) is 14.6. The maximum atomic E-state index is 5.29. The Morgan fingerprint density at radius 1 is 0.456 bits per heavy atom. The van der Waals surface area contributed by atoms with Crippen LogP contribution in [-0.4, -0.2) is 19.5 Å². The average Bonchev–Trinajstić information content (AvgIpc) is 3.63. The van der Waals surface area contributed by atoms with Crippen molar-refractivity contribution in [3.8, 4) is 50.7 Å². The molecule has 57 heavy (non-hydrogen) atoms. The summed E-state index contributed by atoms with van der Waals surface area (Å²) in [6, 6.07) is 62.0. The lowest BCUT2D eigenvalue weighted by Gasteiger charge is -2.30. The average molecular weight is 729 g/mol. The van der Waals surface area contributed by atoms with Gasteiger partial charge in [-0.2, -0.15) is 0 Å². The summed E-state index contributed by atoms with van der Waals surface area (Å²) in [4.78, 5) is 15.8. The first-order valence-corrected chi connectivity index (χ1v) is 19.5. The SMILES string of the molecule is C1=Cc2nc(-c3ccccc3)cc(-c3ccccc3)c2C2CC(c3cc(-c4cccc(-n5c6ccccc6c6ccccc65)c4)nc(-c4ccccc4)n3)=CC=C12. The molecule has 2 aliphatic carbocycles. The van der Waals surface area contributed by atoms with Gasteiger partial charge in [0.05, 0.1) is 33.8 Å². The maximum absolute atomic E-state index is 5.29. The van der Waals surface area contributed by atoms with E-state index in [-0.39, 0.29) is 5.92 Å². The summed E-state index contributed by atoms with van der Waals surface area (Å²) in [5.74, 6) is 0.832. The lowest BCUT2D eigenvalue weighted by Crippen LogP contribution is -2.14. The molecule has 6 aromatic carbocycles. The fraction of sp³-hybridized carbons (Fsp3) is 0.0377. The summed E-state index contributed by atoms with van der Waals surface area (Å²) in [7, 11) is 0. The summed E-state index contributed by atoms with van der Waals surface area (Å²) in [5, 5.41) is 2.48. The zero-order valence-corrected chi connectivity index (χ0v) is 31.1. The molecule has 9 aromatic rings. The van der Waals surface area contributed by atoms with Crippen LogP contribution in [0.15, 0.2) is 200 Å². The predicted octanol–water partition coefficient (Wildman–Crippen LogP) is 13.2. The summed E-state index contributed by atoms with van der Waals surface area (Å²) < 4.78 is 2.36. The van der Waals surface area contributed by atoms with Crippen LogP contribution in [0, 0.1) is 0 Å². The van der Waals surface area contributed by atoms with Crippen molar-refractivity contribution in [1.29, 1.82) is 0 Å². The highest BCUT2D eigenvalue weighted by Crippen LogP contribution is 2.47. The number of fused-ring (bicyclic) bond motifs is 6. The quantitative estimate of drug-likeness (QED) is 0.171. The molecule has 0 spiro atoms. The Morgan fingerprint density at radius 3 is 1.77 bits per heavy atom.